The van der Waals surface area contributed by atoms with Gasteiger partial charge in [0.2, 0.25) is 6.20 Å². The van der Waals surface area contributed by atoms with Crippen LogP contribution in [0.15, 0.2) is 41.4 Å². The molecule has 0 radical (unpaired) electrons. The van der Waals surface area contributed by atoms with Crippen LogP contribution in [0.3, 0.4) is 0 Å². The molecular formula is C11H13ClN2O6S2. The second kappa shape index (κ2) is 7.33. The maximum atomic E-state index is 12.0. The molecule has 0 atom stereocenters. The molecule has 2 rings (SSSR count). The predicted molar refractivity (Wildman–Crippen MR) is 67.0 cm³/mol. The van der Waals surface area contributed by atoms with E-state index in [9.17, 15) is 8.42 Å². The van der Waals surface area contributed by atoms with Crippen molar-refractivity contribution < 1.29 is 41.4 Å². The third-order valence-corrected chi connectivity index (χ3v) is 4.80. The first kappa shape index (κ1) is 18.8. The van der Waals surface area contributed by atoms with E-state index in [4.69, 9.17) is 18.6 Å². The Balaban J connectivity index is 0.000000422. The molecule has 0 aliphatic heterocycles. The van der Waals surface area contributed by atoms with Crippen LogP contribution in [0.1, 0.15) is 10.4 Å². The number of aryl methyl sites for hydroxylation is 2. The minimum Gasteiger partial charge on any atom is -0.222 e. The van der Waals surface area contributed by atoms with Gasteiger partial charge in [-0.05, 0) is 30.0 Å². The van der Waals surface area contributed by atoms with Crippen LogP contribution in [0.4, 0.5) is 0 Å². The molecule has 122 valence electrons. The van der Waals surface area contributed by atoms with E-state index < -0.39 is 20.3 Å². The summed E-state index contributed by atoms with van der Waals surface area (Å²) >= 11 is 1.36. The second-order valence-electron chi connectivity index (χ2n) is 4.07. The summed E-state index contributed by atoms with van der Waals surface area (Å²) < 4.78 is 59.5. The van der Waals surface area contributed by atoms with Gasteiger partial charge in [0, 0.05) is 5.56 Å². The minimum absolute atomic E-state index is 0.260. The van der Waals surface area contributed by atoms with Crippen LogP contribution in [0.2, 0.25) is 0 Å². The molecule has 0 fully saturated rings. The van der Waals surface area contributed by atoms with Gasteiger partial charge in [-0.3, -0.25) is 0 Å². The fraction of sp³-hybridized carbons (Fsp3) is 0.182. The standard InChI is InChI=1S/C11H13N2O2S2.ClHO4/c1-9-8-13(16-10(9)2)12-17(14,15)11-6-4-3-5-7-11;2-1(3,4)5/h3-8,12H,1-2H3;(H,2,3,4,5)/q+1;/p-1. The average molecular weight is 369 g/mol. The summed E-state index contributed by atoms with van der Waals surface area (Å²) in [6.45, 7) is 3.90. The van der Waals surface area contributed by atoms with Gasteiger partial charge in [0.15, 0.2) is 11.5 Å². The zero-order valence-electron chi connectivity index (χ0n) is 11.6. The molecule has 0 amide bonds. The monoisotopic (exact) mass is 368 g/mol. The summed E-state index contributed by atoms with van der Waals surface area (Å²) in [5.74, 6) is 0. The van der Waals surface area contributed by atoms with Gasteiger partial charge in [-0.15, -0.1) is 10.2 Å². The van der Waals surface area contributed by atoms with E-state index >= 15 is 0 Å². The van der Waals surface area contributed by atoms with Gasteiger partial charge in [-0.25, -0.2) is 18.6 Å². The van der Waals surface area contributed by atoms with E-state index in [2.05, 4.69) is 4.83 Å². The largest absolute Gasteiger partial charge is 0.307 e. The van der Waals surface area contributed by atoms with Gasteiger partial charge in [-0.2, -0.15) is 8.42 Å². The van der Waals surface area contributed by atoms with E-state index in [0.717, 1.165) is 10.4 Å². The summed E-state index contributed by atoms with van der Waals surface area (Å²) in [7, 11) is -8.44. The van der Waals surface area contributed by atoms with Gasteiger partial charge >= 0.3 is 10.0 Å². The molecule has 0 spiro atoms. The normalized spacial score (nSPS) is 11.5. The van der Waals surface area contributed by atoms with Crippen LogP contribution in [-0.2, 0) is 10.0 Å². The van der Waals surface area contributed by atoms with Crippen molar-refractivity contribution in [3.8, 4) is 0 Å². The zero-order valence-corrected chi connectivity index (χ0v) is 13.9. The van der Waals surface area contributed by atoms with Crippen LogP contribution in [0, 0.1) is 24.1 Å². The first-order chi connectivity index (χ1) is 9.99. The summed E-state index contributed by atoms with van der Waals surface area (Å²) in [5, 5.41) is 0. The maximum absolute atomic E-state index is 12.0. The minimum atomic E-state index is -4.94. The van der Waals surface area contributed by atoms with Gasteiger partial charge in [0.05, 0.1) is 9.77 Å². The van der Waals surface area contributed by atoms with Crippen molar-refractivity contribution in [3.63, 3.8) is 0 Å². The Kier molecular flexibility index (Phi) is 6.26. The Morgan fingerprint density at radius 2 is 1.59 bits per heavy atom. The molecule has 22 heavy (non-hydrogen) atoms. The predicted octanol–water partition coefficient (Wildman–Crippen LogP) is -3.17. The van der Waals surface area contributed by atoms with Crippen molar-refractivity contribution in [2.45, 2.75) is 18.7 Å². The van der Waals surface area contributed by atoms with Crippen molar-refractivity contribution in [1.29, 1.82) is 0 Å². The third kappa shape index (κ3) is 6.66. The number of rotatable bonds is 3. The highest BCUT2D eigenvalue weighted by atomic mass is 35.7. The van der Waals surface area contributed by atoms with Crippen LogP contribution < -0.4 is 27.5 Å². The third-order valence-electron chi connectivity index (χ3n) is 2.37. The van der Waals surface area contributed by atoms with Crippen LogP contribution in [0.5, 0.6) is 0 Å². The Hall–Kier alpha value is -1.27. The summed E-state index contributed by atoms with van der Waals surface area (Å²) in [5.41, 5.74) is 1.06. The molecule has 1 heterocycles. The zero-order chi connectivity index (χ0) is 17.0. The number of hydrogen-bond donors (Lipinski definition) is 1. The molecule has 2 aromatic rings. The molecule has 0 saturated heterocycles. The van der Waals surface area contributed by atoms with Gasteiger partial charge in [0.1, 0.15) is 0 Å². The summed E-state index contributed by atoms with van der Waals surface area (Å²) in [4.78, 5) is 3.85. The lowest BCUT2D eigenvalue weighted by Crippen LogP contribution is -2.68. The molecule has 11 heteroatoms. The molecule has 1 N–H and O–H groups in total. The number of benzene rings is 1. The fourth-order valence-corrected chi connectivity index (χ4v) is 3.38. The van der Waals surface area contributed by atoms with Gasteiger partial charge < -0.3 is 0 Å². The Morgan fingerprint density at radius 3 is 2.00 bits per heavy atom. The number of halogens is 1. The van der Waals surface area contributed by atoms with E-state index in [-0.39, 0.29) is 4.90 Å². The quantitative estimate of drug-likeness (QED) is 0.566. The van der Waals surface area contributed by atoms with E-state index in [1.165, 1.54) is 15.6 Å². The highest BCUT2D eigenvalue weighted by molar-refractivity contribution is 7.92. The number of aromatic nitrogens is 1. The van der Waals surface area contributed by atoms with E-state index in [1.807, 2.05) is 13.8 Å². The summed E-state index contributed by atoms with van der Waals surface area (Å²) in [6, 6.07) is 8.31. The van der Waals surface area contributed by atoms with Crippen LogP contribution in [0.25, 0.3) is 0 Å². The lowest BCUT2D eigenvalue weighted by Gasteiger charge is -2.17. The van der Waals surface area contributed by atoms with Gasteiger partial charge in [0.25, 0.3) is 0 Å². The lowest BCUT2D eigenvalue weighted by atomic mass is 10.3. The topological polar surface area (TPSA) is 142 Å². The molecule has 8 nitrogen and oxygen atoms in total. The molecule has 1 aromatic heterocycles. The molecule has 0 saturated carbocycles. The van der Waals surface area contributed by atoms with E-state index in [0.29, 0.717) is 0 Å². The molecule has 0 aliphatic carbocycles. The smallest absolute Gasteiger partial charge is 0.222 e. The number of hydrogen-bond acceptors (Lipinski definition) is 7. The first-order valence-electron chi connectivity index (χ1n) is 5.68. The molecule has 1 aromatic carbocycles. The molecule has 0 unspecified atom stereocenters. The highest BCUT2D eigenvalue weighted by Crippen LogP contribution is 2.10. The second-order valence-corrected chi connectivity index (χ2v) is 7.68. The molecule has 0 aliphatic rings. The number of sulfonamides is 1. The van der Waals surface area contributed by atoms with Crippen molar-refractivity contribution in [1.82, 2.24) is 0 Å². The lowest BCUT2D eigenvalue weighted by molar-refractivity contribution is -2.00. The molecular weight excluding hydrogens is 356 g/mol. The van der Waals surface area contributed by atoms with Crippen molar-refractivity contribution in [2.24, 2.45) is 0 Å². The van der Waals surface area contributed by atoms with Gasteiger partial charge in [-0.1, -0.05) is 23.0 Å². The Morgan fingerprint density at radius 1 is 1.09 bits per heavy atom. The number of nitrogens with zero attached hydrogens (tertiary/aromatic N) is 1. The van der Waals surface area contributed by atoms with Crippen molar-refractivity contribution >= 4 is 21.6 Å². The highest BCUT2D eigenvalue weighted by Gasteiger charge is 2.20. The van der Waals surface area contributed by atoms with E-state index in [1.54, 1.807) is 36.5 Å². The van der Waals surface area contributed by atoms with Crippen LogP contribution >= 0.6 is 11.5 Å². The Labute approximate surface area is 133 Å². The summed E-state index contributed by atoms with van der Waals surface area (Å²) in [6.07, 6.45) is 1.76. The fourth-order valence-electron chi connectivity index (χ4n) is 1.33. The van der Waals surface area contributed by atoms with Crippen molar-refractivity contribution in [2.75, 3.05) is 4.83 Å². The Bertz CT molecular complexity index is 686. The average Bonchev–Trinajstić information content (AvgIpc) is 2.66. The first-order valence-corrected chi connectivity index (χ1v) is 9.17. The van der Waals surface area contributed by atoms with Crippen LogP contribution in [-0.4, -0.2) is 8.42 Å². The SMILES string of the molecule is Cc1c[n+](NS(=O)(=O)c2ccccc2)sc1C.[O-][Cl+3]([O-])([O-])[O-]. The number of nitrogens with one attached hydrogen (secondary N) is 1. The molecule has 0 bridgehead atoms. The van der Waals surface area contributed by atoms with Crippen molar-refractivity contribution in [3.05, 3.63) is 47.0 Å². The maximum Gasteiger partial charge on any atom is 0.307 e.